The molecule has 1 aromatic carbocycles. The number of halogens is 4. The highest BCUT2D eigenvalue weighted by Crippen LogP contribution is 2.21. The van der Waals surface area contributed by atoms with Crippen molar-refractivity contribution < 1.29 is 22.3 Å². The molecule has 0 aliphatic carbocycles. The largest absolute Gasteiger partial charge is 0.411 e. The Bertz CT molecular complexity index is 838. The summed E-state index contributed by atoms with van der Waals surface area (Å²) in [5.41, 5.74) is 1.02. The molecule has 0 saturated heterocycles. The monoisotopic (exact) mass is 383 g/mol. The van der Waals surface area contributed by atoms with E-state index in [-0.39, 0.29) is 12.6 Å². The fourth-order valence-corrected chi connectivity index (χ4v) is 2.17. The van der Waals surface area contributed by atoms with E-state index in [0.29, 0.717) is 17.0 Å². The first-order valence-electron chi connectivity index (χ1n) is 7.63. The zero-order valence-corrected chi connectivity index (χ0v) is 13.6. The first-order chi connectivity index (χ1) is 12.9. The maximum Gasteiger partial charge on any atom is 0.411 e. The smallest absolute Gasteiger partial charge is 0.370 e. The number of benzene rings is 1. The van der Waals surface area contributed by atoms with E-state index < -0.39 is 24.6 Å². The van der Waals surface area contributed by atoms with Crippen LogP contribution in [0.2, 0.25) is 0 Å². The van der Waals surface area contributed by atoms with Gasteiger partial charge in [0.1, 0.15) is 12.4 Å². The lowest BCUT2D eigenvalue weighted by molar-refractivity contribution is -0.174. The molecule has 2 aromatic heterocycles. The van der Waals surface area contributed by atoms with Gasteiger partial charge in [-0.25, -0.2) is 14.4 Å². The summed E-state index contributed by atoms with van der Waals surface area (Å²) in [6.07, 6.45) is -1.59. The highest BCUT2D eigenvalue weighted by Gasteiger charge is 2.28. The summed E-state index contributed by atoms with van der Waals surface area (Å²) in [5.74, 6) is -0.0215. The fraction of sp³-hybridized carbons (Fsp3) is 0.267. The van der Waals surface area contributed by atoms with Crippen molar-refractivity contribution in [3.05, 3.63) is 48.0 Å². The number of tetrazole rings is 1. The zero-order chi connectivity index (χ0) is 19.3. The minimum atomic E-state index is -4.45. The van der Waals surface area contributed by atoms with Crippen LogP contribution in [0.5, 0.6) is 0 Å². The summed E-state index contributed by atoms with van der Waals surface area (Å²) in [6, 6.07) is 4.57. The lowest BCUT2D eigenvalue weighted by Crippen LogP contribution is -2.23. The summed E-state index contributed by atoms with van der Waals surface area (Å²) in [7, 11) is 0. The molecule has 27 heavy (non-hydrogen) atoms. The molecule has 0 bridgehead atoms. The van der Waals surface area contributed by atoms with E-state index in [1.54, 1.807) is 0 Å². The number of nitrogens with one attached hydrogen (secondary N) is 2. The summed E-state index contributed by atoms with van der Waals surface area (Å²) in [5, 5.41) is 16.2. The SMILES string of the molecule is Fc1ccc(C(COCC(F)(F)F)Nc2ncc(-c3nn[nH]n3)cn2)cc1. The quantitative estimate of drug-likeness (QED) is 0.605. The van der Waals surface area contributed by atoms with Gasteiger partial charge in [0.2, 0.25) is 11.8 Å². The molecule has 0 radical (unpaired) electrons. The Morgan fingerprint density at radius 1 is 1.11 bits per heavy atom. The molecule has 0 saturated carbocycles. The normalized spacial score (nSPS) is 12.7. The van der Waals surface area contributed by atoms with Crippen molar-refractivity contribution >= 4 is 5.95 Å². The molecule has 0 fully saturated rings. The topological polar surface area (TPSA) is 102 Å². The van der Waals surface area contributed by atoms with Gasteiger partial charge in [-0.1, -0.05) is 12.1 Å². The Hall–Kier alpha value is -3.15. The number of rotatable bonds is 7. The Balaban J connectivity index is 1.72. The third kappa shape index (κ3) is 5.41. The molecule has 3 rings (SSSR count). The van der Waals surface area contributed by atoms with Crippen LogP contribution in [0.15, 0.2) is 36.7 Å². The number of nitrogens with zero attached hydrogens (tertiary/aromatic N) is 5. The van der Waals surface area contributed by atoms with Crippen LogP contribution in [0, 0.1) is 5.82 Å². The van der Waals surface area contributed by atoms with Gasteiger partial charge in [-0.2, -0.15) is 18.4 Å². The summed E-state index contributed by atoms with van der Waals surface area (Å²) in [6.45, 7) is -1.72. The average molecular weight is 383 g/mol. The van der Waals surface area contributed by atoms with Crippen molar-refractivity contribution in [3.8, 4) is 11.4 Å². The Kier molecular flexibility index (Phi) is 5.54. The van der Waals surface area contributed by atoms with E-state index >= 15 is 0 Å². The number of alkyl halides is 3. The number of anilines is 1. The molecule has 1 unspecified atom stereocenters. The fourth-order valence-electron chi connectivity index (χ4n) is 2.17. The minimum Gasteiger partial charge on any atom is -0.370 e. The van der Waals surface area contributed by atoms with Crippen LogP contribution in [-0.4, -0.2) is 50.0 Å². The molecule has 1 atom stereocenters. The number of ether oxygens (including phenoxy) is 1. The standard InChI is InChI=1S/C15H13F4N7O/c16-11-3-1-9(2-4-11)12(7-27-8-15(17,18)19)22-14-20-5-10(6-21-14)13-23-25-26-24-13/h1-6,12H,7-8H2,(H,20,21,22)(H,23,24,25,26). The van der Waals surface area contributed by atoms with Crippen molar-refractivity contribution in [2.45, 2.75) is 12.2 Å². The van der Waals surface area contributed by atoms with Gasteiger partial charge in [0.05, 0.1) is 18.2 Å². The van der Waals surface area contributed by atoms with Crippen molar-refractivity contribution in [1.82, 2.24) is 30.6 Å². The van der Waals surface area contributed by atoms with Gasteiger partial charge >= 0.3 is 6.18 Å². The highest BCUT2D eigenvalue weighted by molar-refractivity contribution is 5.51. The molecule has 8 nitrogen and oxygen atoms in total. The number of aromatic nitrogens is 6. The predicted molar refractivity (Wildman–Crippen MR) is 84.8 cm³/mol. The predicted octanol–water partition coefficient (Wildman–Crippen LogP) is 2.53. The van der Waals surface area contributed by atoms with Gasteiger partial charge < -0.3 is 10.1 Å². The molecule has 2 heterocycles. The summed E-state index contributed by atoms with van der Waals surface area (Å²) < 4.78 is 54.8. The van der Waals surface area contributed by atoms with Crippen LogP contribution >= 0.6 is 0 Å². The van der Waals surface area contributed by atoms with Gasteiger partial charge in [-0.15, -0.1) is 10.2 Å². The van der Waals surface area contributed by atoms with Crippen LogP contribution in [0.25, 0.3) is 11.4 Å². The molecule has 0 aliphatic rings. The van der Waals surface area contributed by atoms with Crippen LogP contribution < -0.4 is 5.32 Å². The van der Waals surface area contributed by atoms with Gasteiger partial charge in [0.25, 0.3) is 0 Å². The molecule has 0 spiro atoms. The molecule has 3 aromatic rings. The maximum absolute atomic E-state index is 13.1. The Labute approximate surface area is 150 Å². The number of hydrogen-bond donors (Lipinski definition) is 2. The second-order valence-corrected chi connectivity index (χ2v) is 5.41. The lowest BCUT2D eigenvalue weighted by atomic mass is 10.1. The van der Waals surface area contributed by atoms with Crippen LogP contribution in [-0.2, 0) is 4.74 Å². The number of aromatic amines is 1. The van der Waals surface area contributed by atoms with E-state index in [4.69, 9.17) is 4.74 Å². The lowest BCUT2D eigenvalue weighted by Gasteiger charge is -2.20. The van der Waals surface area contributed by atoms with Gasteiger partial charge in [0.15, 0.2) is 0 Å². The number of hydrogen-bond acceptors (Lipinski definition) is 7. The molecule has 0 amide bonds. The summed E-state index contributed by atoms with van der Waals surface area (Å²) in [4.78, 5) is 8.16. The van der Waals surface area contributed by atoms with E-state index in [2.05, 4.69) is 35.9 Å². The van der Waals surface area contributed by atoms with Crippen molar-refractivity contribution in [2.24, 2.45) is 0 Å². The van der Waals surface area contributed by atoms with E-state index in [0.717, 1.165) is 0 Å². The zero-order valence-electron chi connectivity index (χ0n) is 13.6. The molecular formula is C15H13F4N7O. The average Bonchev–Trinajstić information content (AvgIpc) is 3.16. The first-order valence-corrected chi connectivity index (χ1v) is 7.63. The summed E-state index contributed by atoms with van der Waals surface area (Å²) >= 11 is 0. The minimum absolute atomic E-state index is 0.146. The highest BCUT2D eigenvalue weighted by atomic mass is 19.4. The van der Waals surface area contributed by atoms with E-state index in [1.165, 1.54) is 36.7 Å². The van der Waals surface area contributed by atoms with Crippen molar-refractivity contribution in [1.29, 1.82) is 0 Å². The van der Waals surface area contributed by atoms with E-state index in [1.807, 2.05) is 0 Å². The molecule has 2 N–H and O–H groups in total. The Morgan fingerprint density at radius 2 is 1.81 bits per heavy atom. The van der Waals surface area contributed by atoms with Gasteiger partial charge in [-0.3, -0.25) is 0 Å². The van der Waals surface area contributed by atoms with Crippen LogP contribution in [0.4, 0.5) is 23.5 Å². The molecule has 12 heteroatoms. The first kappa shape index (κ1) is 18.6. The van der Waals surface area contributed by atoms with Crippen LogP contribution in [0.3, 0.4) is 0 Å². The maximum atomic E-state index is 13.1. The van der Waals surface area contributed by atoms with Gasteiger partial charge in [-0.05, 0) is 22.9 Å². The van der Waals surface area contributed by atoms with E-state index in [9.17, 15) is 17.6 Å². The molecule has 142 valence electrons. The second kappa shape index (κ2) is 8.03. The third-order valence-electron chi connectivity index (χ3n) is 3.38. The number of H-pyrrole nitrogens is 1. The third-order valence-corrected chi connectivity index (χ3v) is 3.38. The molecule has 0 aliphatic heterocycles. The van der Waals surface area contributed by atoms with Crippen molar-refractivity contribution in [2.75, 3.05) is 18.5 Å². The van der Waals surface area contributed by atoms with Crippen molar-refractivity contribution in [3.63, 3.8) is 0 Å². The second-order valence-electron chi connectivity index (χ2n) is 5.41. The van der Waals surface area contributed by atoms with Gasteiger partial charge in [0, 0.05) is 12.4 Å². The van der Waals surface area contributed by atoms with Crippen LogP contribution in [0.1, 0.15) is 11.6 Å². The Morgan fingerprint density at radius 3 is 2.41 bits per heavy atom. The molecular weight excluding hydrogens is 370 g/mol.